The normalized spacial score (nSPS) is 40.6. The third-order valence-electron chi connectivity index (χ3n) is 1.50. The topological polar surface area (TPSA) is 20.3 Å². The number of rotatable bonds is 0. The highest BCUT2D eigenvalue weighted by Gasteiger charge is 2.17. The fourth-order valence-corrected chi connectivity index (χ4v) is 2.19. The van der Waals surface area contributed by atoms with Crippen LogP contribution in [0.1, 0.15) is 6.42 Å². The van der Waals surface area contributed by atoms with Crippen LogP contribution in [0.3, 0.4) is 0 Å². The highest BCUT2D eigenvalue weighted by atomic mass is 32.2. The van der Waals surface area contributed by atoms with E-state index in [0.29, 0.717) is 0 Å². The Bertz CT molecular complexity index is 171. The molecule has 3 heteroatoms. The predicted octanol–water partition coefficient (Wildman–Crippen LogP) is -0.0467. The molecule has 0 radical (unpaired) electrons. The van der Waals surface area contributed by atoms with Gasteiger partial charge in [-0.05, 0) is 19.3 Å². The summed E-state index contributed by atoms with van der Waals surface area (Å²) in [7, 11) is 0.0718. The van der Waals surface area contributed by atoms with Gasteiger partial charge in [0.25, 0.3) is 0 Å². The van der Waals surface area contributed by atoms with Crippen molar-refractivity contribution in [3.63, 3.8) is 0 Å². The highest BCUT2D eigenvalue weighted by Crippen LogP contribution is 2.08. The van der Waals surface area contributed by atoms with E-state index in [2.05, 4.69) is 5.87 Å². The van der Waals surface area contributed by atoms with Crippen molar-refractivity contribution >= 4 is 15.6 Å². The second-order valence-electron chi connectivity index (χ2n) is 2.18. The van der Waals surface area contributed by atoms with Crippen molar-refractivity contribution in [2.45, 2.75) is 6.42 Å². The predicted molar refractivity (Wildman–Crippen MR) is 37.4 cm³/mol. The van der Waals surface area contributed by atoms with Crippen LogP contribution in [0.15, 0.2) is 0 Å². The largest absolute Gasteiger partial charge is 0.253 e. The van der Waals surface area contributed by atoms with Crippen molar-refractivity contribution in [3.05, 3.63) is 0 Å². The van der Waals surface area contributed by atoms with Gasteiger partial charge < -0.3 is 0 Å². The van der Waals surface area contributed by atoms with Crippen LogP contribution in [0, 0.1) is 0 Å². The van der Waals surface area contributed by atoms with Crippen molar-refractivity contribution < 1.29 is 4.21 Å². The van der Waals surface area contributed by atoms with Gasteiger partial charge in [-0.25, -0.2) is 4.31 Å². The molecule has 0 aromatic rings. The van der Waals surface area contributed by atoms with Gasteiger partial charge in [0.2, 0.25) is 0 Å². The van der Waals surface area contributed by atoms with Gasteiger partial charge >= 0.3 is 0 Å². The van der Waals surface area contributed by atoms with Crippen LogP contribution in [0.5, 0.6) is 0 Å². The molecule has 0 spiro atoms. The molecule has 1 unspecified atom stereocenters. The lowest BCUT2D eigenvalue weighted by atomic mass is 10.5. The monoisotopic (exact) mass is 133 g/mol. The van der Waals surface area contributed by atoms with Crippen molar-refractivity contribution in [2.75, 3.05) is 19.3 Å². The van der Waals surface area contributed by atoms with Gasteiger partial charge in [-0.15, -0.1) is 0 Å². The van der Waals surface area contributed by atoms with E-state index in [9.17, 15) is 4.21 Å². The van der Waals surface area contributed by atoms with Crippen molar-refractivity contribution in [1.29, 1.82) is 0 Å². The first-order valence-electron chi connectivity index (χ1n) is 2.69. The lowest BCUT2D eigenvalue weighted by Gasteiger charge is -2.08. The lowest BCUT2D eigenvalue weighted by Crippen LogP contribution is -2.19. The summed E-state index contributed by atoms with van der Waals surface area (Å²) >= 11 is 0. The second kappa shape index (κ2) is 1.74. The first-order valence-corrected chi connectivity index (χ1v) is 4.54. The van der Waals surface area contributed by atoms with E-state index >= 15 is 0 Å². The van der Waals surface area contributed by atoms with E-state index in [1.54, 1.807) is 0 Å². The van der Waals surface area contributed by atoms with Gasteiger partial charge in [-0.3, -0.25) is 4.21 Å². The summed E-state index contributed by atoms with van der Waals surface area (Å²) in [5.74, 6) is 4.39. The Kier molecular flexibility index (Phi) is 1.33. The molecule has 0 aliphatic carbocycles. The summed E-state index contributed by atoms with van der Waals surface area (Å²) in [5, 5.41) is 0. The first kappa shape index (κ1) is 6.11. The zero-order valence-electron chi connectivity index (χ0n) is 5.09. The standard InChI is InChI=1S/C5H11NOS/c1-6-4-3-5-8(6,2)7/h2-5H2,1H3. The summed E-state index contributed by atoms with van der Waals surface area (Å²) in [4.78, 5) is 0. The molecule has 1 rings (SSSR count). The Hall–Kier alpha value is -0.0200. The van der Waals surface area contributed by atoms with Crippen LogP contribution in [0.25, 0.3) is 0 Å². The molecule has 0 N–H and O–H groups in total. The molecule has 1 heterocycles. The van der Waals surface area contributed by atoms with Crippen molar-refractivity contribution in [1.82, 2.24) is 4.31 Å². The van der Waals surface area contributed by atoms with E-state index in [4.69, 9.17) is 0 Å². The molecule has 1 aliphatic rings. The molecular weight excluding hydrogens is 122 g/mol. The maximum absolute atomic E-state index is 11.1. The van der Waals surface area contributed by atoms with Crippen LogP contribution in [-0.4, -0.2) is 33.7 Å². The third-order valence-corrected chi connectivity index (χ3v) is 3.75. The van der Waals surface area contributed by atoms with Gasteiger partial charge in [0.15, 0.2) is 0 Å². The number of nitrogens with zero attached hydrogens (tertiary/aromatic N) is 1. The molecule has 1 saturated heterocycles. The molecule has 1 aliphatic heterocycles. The van der Waals surface area contributed by atoms with E-state index < -0.39 is 9.71 Å². The molecular formula is C5H11NOS. The molecule has 48 valence electrons. The minimum atomic E-state index is -1.79. The van der Waals surface area contributed by atoms with Crippen molar-refractivity contribution in [2.24, 2.45) is 0 Å². The Labute approximate surface area is 50.6 Å². The molecule has 0 saturated carbocycles. The molecule has 2 nitrogen and oxygen atoms in total. The summed E-state index contributed by atoms with van der Waals surface area (Å²) in [6.07, 6.45) is 1.04. The quantitative estimate of drug-likeness (QED) is 0.424. The summed E-state index contributed by atoms with van der Waals surface area (Å²) in [6.45, 7) is 0.947. The van der Waals surface area contributed by atoms with Gasteiger partial charge in [-0.1, -0.05) is 0 Å². The highest BCUT2D eigenvalue weighted by molar-refractivity contribution is 7.98. The molecule has 0 amide bonds. The lowest BCUT2D eigenvalue weighted by molar-refractivity contribution is 0.558. The van der Waals surface area contributed by atoms with Crippen molar-refractivity contribution in [3.8, 4) is 0 Å². The zero-order chi connectivity index (χ0) is 6.20. The minimum Gasteiger partial charge on any atom is -0.253 e. The maximum atomic E-state index is 11.1. The first-order chi connectivity index (χ1) is 3.63. The molecule has 0 bridgehead atoms. The average Bonchev–Trinajstić information content (AvgIpc) is 1.86. The van der Waals surface area contributed by atoms with E-state index in [-0.39, 0.29) is 0 Å². The zero-order valence-corrected chi connectivity index (χ0v) is 5.91. The average molecular weight is 133 g/mol. The Morgan fingerprint density at radius 3 is 2.50 bits per heavy atom. The van der Waals surface area contributed by atoms with Gasteiger partial charge in [0.05, 0.1) is 0 Å². The van der Waals surface area contributed by atoms with E-state index in [1.807, 2.05) is 11.4 Å². The molecule has 1 atom stereocenters. The SMILES string of the molecule is C=S1(=O)CCCN1C. The summed E-state index contributed by atoms with van der Waals surface area (Å²) in [6, 6.07) is 0. The molecule has 1 fully saturated rings. The maximum Gasteiger partial charge on any atom is 0.0303 e. The number of hydrogen-bond acceptors (Lipinski definition) is 1. The van der Waals surface area contributed by atoms with Gasteiger partial charge in [0, 0.05) is 22.0 Å². The Morgan fingerprint density at radius 2 is 2.38 bits per heavy atom. The summed E-state index contributed by atoms with van der Waals surface area (Å²) < 4.78 is 13.0. The van der Waals surface area contributed by atoms with Crippen LogP contribution < -0.4 is 0 Å². The van der Waals surface area contributed by atoms with Crippen LogP contribution in [0.2, 0.25) is 0 Å². The number of hydrogen-bond donors (Lipinski definition) is 0. The Morgan fingerprint density at radius 1 is 1.75 bits per heavy atom. The van der Waals surface area contributed by atoms with E-state index in [1.165, 1.54) is 0 Å². The van der Waals surface area contributed by atoms with Crippen LogP contribution in [0.4, 0.5) is 0 Å². The fourth-order valence-electron chi connectivity index (χ4n) is 0.835. The Balaban J connectivity index is 2.85. The van der Waals surface area contributed by atoms with Gasteiger partial charge in [0.1, 0.15) is 0 Å². The fraction of sp³-hybridized carbons (Fsp3) is 0.800. The minimum absolute atomic E-state index is 0.781. The molecule has 8 heavy (non-hydrogen) atoms. The van der Waals surface area contributed by atoms with Gasteiger partial charge in [-0.2, -0.15) is 0 Å². The third kappa shape index (κ3) is 0.880. The second-order valence-corrected chi connectivity index (χ2v) is 4.76. The molecule has 0 aromatic heterocycles. The summed E-state index contributed by atoms with van der Waals surface area (Å²) in [5.41, 5.74) is 0. The molecule has 0 aromatic carbocycles. The smallest absolute Gasteiger partial charge is 0.0303 e. The van der Waals surface area contributed by atoms with Crippen LogP contribution >= 0.6 is 0 Å². The van der Waals surface area contributed by atoms with Crippen LogP contribution in [-0.2, 0) is 9.71 Å². The van der Waals surface area contributed by atoms with E-state index in [0.717, 1.165) is 18.7 Å².